The number of nitrogens with one attached hydrogen (secondary N) is 3. The number of halogens is 4. The summed E-state index contributed by atoms with van der Waals surface area (Å²) in [6.07, 6.45) is 0.714. The summed E-state index contributed by atoms with van der Waals surface area (Å²) >= 11 is 23.1. The van der Waals surface area contributed by atoms with Crippen molar-refractivity contribution in [3.05, 3.63) is 88.1 Å². The van der Waals surface area contributed by atoms with Crippen molar-refractivity contribution in [2.24, 2.45) is 0 Å². The minimum absolute atomic E-state index is 0.251. The van der Waals surface area contributed by atoms with E-state index in [1.807, 2.05) is 48.5 Å². The van der Waals surface area contributed by atoms with Gasteiger partial charge >= 0.3 is 6.09 Å². The summed E-state index contributed by atoms with van der Waals surface area (Å²) in [5.74, 6) is 0.562. The Balaban J connectivity index is 1.40. The number of carbonyl (C=O) groups excluding carboxylic acids is 2. The highest BCUT2D eigenvalue weighted by Crippen LogP contribution is 2.42. The maximum Gasteiger partial charge on any atom is 0.411 e. The summed E-state index contributed by atoms with van der Waals surface area (Å²) < 4.78 is 4.88. The molecule has 0 atom stereocenters. The lowest BCUT2D eigenvalue weighted by atomic mass is 10.1. The second kappa shape index (κ2) is 14.5. The van der Waals surface area contributed by atoms with Gasteiger partial charge in [0.25, 0.3) is 5.91 Å². The van der Waals surface area contributed by atoms with E-state index in [1.54, 1.807) is 18.2 Å². The molecule has 9 nitrogen and oxygen atoms in total. The van der Waals surface area contributed by atoms with Crippen LogP contribution in [0.4, 0.5) is 27.7 Å². The summed E-state index contributed by atoms with van der Waals surface area (Å²) in [6, 6.07) is 20.2. The smallest absolute Gasteiger partial charge is 0.411 e. The number of ether oxygens (including phenoxy) is 1. The number of aromatic nitrogens is 3. The van der Waals surface area contributed by atoms with Crippen LogP contribution in [0.5, 0.6) is 0 Å². The average molecular weight is 767 g/mol. The van der Waals surface area contributed by atoms with Crippen LogP contribution in [0, 0.1) is 0 Å². The monoisotopic (exact) mass is 764 g/mol. The number of carbonyl (C=O) groups is 2. The molecule has 5 aromatic rings. The third-order valence-electron chi connectivity index (χ3n) is 6.05. The molecule has 2 amide bonds. The molecule has 0 radical (unpaired) electrons. The molecule has 232 valence electrons. The number of fused-ring (bicyclic) bond motifs is 1. The van der Waals surface area contributed by atoms with Crippen LogP contribution in [0.2, 0.25) is 0 Å². The Bertz CT molecular complexity index is 1850. The molecule has 0 aliphatic carbocycles. The van der Waals surface area contributed by atoms with Gasteiger partial charge in [0.2, 0.25) is 3.79 Å². The third kappa shape index (κ3) is 9.21. The third-order valence-corrected chi connectivity index (χ3v) is 9.21. The fourth-order valence-electron chi connectivity index (χ4n) is 3.93. The zero-order valence-electron chi connectivity index (χ0n) is 23.6. The van der Waals surface area contributed by atoms with E-state index in [2.05, 4.69) is 60.7 Å². The molecule has 0 saturated carbocycles. The molecule has 0 spiro atoms. The number of thiophene rings is 1. The zero-order valence-corrected chi connectivity index (χ0v) is 29.1. The molecule has 3 heterocycles. The van der Waals surface area contributed by atoms with Gasteiger partial charge in [0.05, 0.1) is 20.2 Å². The van der Waals surface area contributed by atoms with E-state index < -0.39 is 9.89 Å². The van der Waals surface area contributed by atoms with Crippen molar-refractivity contribution in [1.29, 1.82) is 0 Å². The number of anilines is 4. The number of amides is 2. The Morgan fingerprint density at radius 2 is 1.78 bits per heavy atom. The van der Waals surface area contributed by atoms with Gasteiger partial charge < -0.3 is 15.4 Å². The van der Waals surface area contributed by atoms with E-state index in [4.69, 9.17) is 39.5 Å². The van der Waals surface area contributed by atoms with Crippen LogP contribution in [0.3, 0.4) is 0 Å². The first-order valence-corrected chi connectivity index (χ1v) is 16.9. The van der Waals surface area contributed by atoms with Gasteiger partial charge in [-0.1, -0.05) is 82.4 Å². The number of pyridine rings is 1. The number of nitrogens with zero attached hydrogens (tertiary/aromatic N) is 3. The first-order chi connectivity index (χ1) is 21.4. The second-order valence-electron chi connectivity index (χ2n) is 9.83. The molecular formula is C30H24BrCl3N6O3S2. The lowest BCUT2D eigenvalue weighted by molar-refractivity contribution is 0.103. The normalized spacial score (nSPS) is 11.4. The van der Waals surface area contributed by atoms with Gasteiger partial charge in [-0.15, -0.1) is 11.3 Å². The molecule has 0 fully saturated rings. The highest BCUT2D eigenvalue weighted by atomic mass is 79.9. The summed E-state index contributed by atoms with van der Waals surface area (Å²) in [6.45, 7) is 3.76. The number of hydrogen-bond acceptors (Lipinski definition) is 9. The van der Waals surface area contributed by atoms with Gasteiger partial charge in [-0.2, -0.15) is 0 Å². The van der Waals surface area contributed by atoms with E-state index >= 15 is 0 Å². The molecule has 3 aromatic heterocycles. The van der Waals surface area contributed by atoms with Crippen LogP contribution in [0.15, 0.2) is 86.6 Å². The zero-order chi connectivity index (χ0) is 32.1. The minimum Gasteiger partial charge on any atom is -0.445 e. The molecule has 2 aromatic carbocycles. The van der Waals surface area contributed by atoms with Gasteiger partial charge in [0.1, 0.15) is 18.8 Å². The molecule has 5 rings (SSSR count). The Labute approximate surface area is 290 Å². The fourth-order valence-corrected chi connectivity index (χ4v) is 6.66. The maximum atomic E-state index is 13.3. The molecule has 45 heavy (non-hydrogen) atoms. The van der Waals surface area contributed by atoms with Crippen LogP contribution < -0.4 is 16.0 Å². The standard InChI is InChI=1S/C30H24BrCl3N6O3S2/c1-16(2)22-11-10-21-25(39-22)35-15-36-26(21)40-23-13-24(27(41)37-19-5-3-4-17(31)12-19)45-28(23)44-20-8-6-18(7-9-20)38-29(42)43-14-30(32,33)34/h3-13,15-16H,14H2,1-2H3,(H,37,41)(H,38,42)(H,35,36,39,40). The van der Waals surface area contributed by atoms with Crippen molar-refractivity contribution in [2.45, 2.75) is 32.7 Å². The number of benzene rings is 2. The van der Waals surface area contributed by atoms with Crippen molar-refractivity contribution >= 4 is 120 Å². The van der Waals surface area contributed by atoms with Crippen LogP contribution in [-0.2, 0) is 4.74 Å². The molecular weight excluding hydrogens is 743 g/mol. The van der Waals surface area contributed by atoms with Crippen molar-refractivity contribution in [3.8, 4) is 0 Å². The molecule has 15 heteroatoms. The van der Waals surface area contributed by atoms with Crippen LogP contribution in [0.1, 0.15) is 35.1 Å². The predicted octanol–water partition coefficient (Wildman–Crippen LogP) is 10.0. The predicted molar refractivity (Wildman–Crippen MR) is 187 cm³/mol. The van der Waals surface area contributed by atoms with Crippen LogP contribution >= 0.6 is 73.8 Å². The van der Waals surface area contributed by atoms with Gasteiger partial charge in [-0.25, -0.2) is 19.7 Å². The number of rotatable bonds is 9. The quantitative estimate of drug-likeness (QED) is 0.127. The fraction of sp³-hybridized carbons (Fsp3) is 0.167. The minimum atomic E-state index is -1.70. The lowest BCUT2D eigenvalue weighted by Crippen LogP contribution is -2.21. The molecule has 0 bridgehead atoms. The summed E-state index contributed by atoms with van der Waals surface area (Å²) in [5.41, 5.74) is 3.35. The molecule has 0 aliphatic heterocycles. The summed E-state index contributed by atoms with van der Waals surface area (Å²) in [4.78, 5) is 40.2. The van der Waals surface area contributed by atoms with Crippen LogP contribution in [0.25, 0.3) is 11.0 Å². The Kier molecular flexibility index (Phi) is 10.7. The molecule has 0 saturated heterocycles. The lowest BCUT2D eigenvalue weighted by Gasteiger charge is -2.12. The maximum absolute atomic E-state index is 13.3. The SMILES string of the molecule is CC(C)c1ccc2c(Nc3cc(C(=O)Nc4cccc(Br)c4)sc3Sc3ccc(NC(=O)OCC(Cl)(Cl)Cl)cc3)ncnc2n1. The van der Waals surface area contributed by atoms with Crippen molar-refractivity contribution < 1.29 is 14.3 Å². The highest BCUT2D eigenvalue weighted by molar-refractivity contribution is 9.10. The molecule has 0 aliphatic rings. The van der Waals surface area contributed by atoms with E-state index in [0.717, 1.165) is 24.7 Å². The van der Waals surface area contributed by atoms with Gasteiger partial charge in [-0.05, 0) is 66.6 Å². The van der Waals surface area contributed by atoms with Crippen LogP contribution in [-0.4, -0.2) is 37.4 Å². The molecule has 0 unspecified atom stereocenters. The van der Waals surface area contributed by atoms with Gasteiger partial charge in [0.15, 0.2) is 5.65 Å². The Morgan fingerprint density at radius 3 is 2.49 bits per heavy atom. The number of hydrogen-bond donors (Lipinski definition) is 3. The summed E-state index contributed by atoms with van der Waals surface area (Å²) in [7, 11) is 0. The highest BCUT2D eigenvalue weighted by Gasteiger charge is 2.22. The van der Waals surface area contributed by atoms with Crippen molar-refractivity contribution in [3.63, 3.8) is 0 Å². The first-order valence-electron chi connectivity index (χ1n) is 13.3. The topological polar surface area (TPSA) is 118 Å². The average Bonchev–Trinajstić information content (AvgIpc) is 3.38. The summed E-state index contributed by atoms with van der Waals surface area (Å²) in [5, 5.41) is 9.69. The van der Waals surface area contributed by atoms with Gasteiger partial charge in [0, 0.05) is 26.4 Å². The molecule has 3 N–H and O–H groups in total. The van der Waals surface area contributed by atoms with E-state index in [9.17, 15) is 9.59 Å². The number of alkyl halides is 3. The Hall–Kier alpha value is -3.13. The largest absolute Gasteiger partial charge is 0.445 e. The van der Waals surface area contributed by atoms with E-state index in [0.29, 0.717) is 33.4 Å². The van der Waals surface area contributed by atoms with Crippen molar-refractivity contribution in [2.75, 3.05) is 22.6 Å². The first kappa shape index (κ1) is 33.2. The van der Waals surface area contributed by atoms with Gasteiger partial charge in [-0.3, -0.25) is 10.1 Å². The van der Waals surface area contributed by atoms with E-state index in [1.165, 1.54) is 29.4 Å². The van der Waals surface area contributed by atoms with Crippen molar-refractivity contribution in [1.82, 2.24) is 15.0 Å². The second-order valence-corrected chi connectivity index (χ2v) is 15.7. The Morgan fingerprint density at radius 1 is 1.00 bits per heavy atom. The van der Waals surface area contributed by atoms with E-state index in [-0.39, 0.29) is 18.4 Å².